The summed E-state index contributed by atoms with van der Waals surface area (Å²) in [6, 6.07) is 16.0. The summed E-state index contributed by atoms with van der Waals surface area (Å²) in [6.45, 7) is 2.08. The Morgan fingerprint density at radius 1 is 0.833 bits per heavy atom. The third kappa shape index (κ3) is 5.26. The van der Waals surface area contributed by atoms with E-state index in [2.05, 4.69) is 53.4 Å². The monoisotopic (exact) mass is 487 g/mol. The van der Waals surface area contributed by atoms with Crippen LogP contribution in [0.25, 0.3) is 5.57 Å². The SMILES string of the molecule is COc1ccc2c(c1)CCCC(C1=CCCCC1)=C2c1ccc(N2CCC(C(OC)OC)CC2)cc1. The minimum absolute atomic E-state index is 0.0945. The van der Waals surface area contributed by atoms with Crippen molar-refractivity contribution in [2.24, 2.45) is 5.92 Å². The van der Waals surface area contributed by atoms with Gasteiger partial charge in [0.05, 0.1) is 7.11 Å². The molecule has 0 atom stereocenters. The van der Waals surface area contributed by atoms with Crippen LogP contribution < -0.4 is 9.64 Å². The zero-order valence-corrected chi connectivity index (χ0v) is 22.2. The Morgan fingerprint density at radius 3 is 2.28 bits per heavy atom. The van der Waals surface area contributed by atoms with E-state index in [0.717, 1.165) is 44.5 Å². The van der Waals surface area contributed by atoms with Crippen molar-refractivity contribution in [3.05, 3.63) is 76.4 Å². The van der Waals surface area contributed by atoms with Crippen LogP contribution in [0.2, 0.25) is 0 Å². The highest BCUT2D eigenvalue weighted by Gasteiger charge is 2.27. The highest BCUT2D eigenvalue weighted by Crippen LogP contribution is 2.42. The topological polar surface area (TPSA) is 30.9 Å². The first-order valence-electron chi connectivity index (χ1n) is 13.7. The van der Waals surface area contributed by atoms with Gasteiger partial charge in [0.25, 0.3) is 0 Å². The quantitative estimate of drug-likeness (QED) is 0.388. The van der Waals surface area contributed by atoms with Crippen molar-refractivity contribution in [2.45, 2.75) is 64.1 Å². The molecule has 1 fully saturated rings. The lowest BCUT2D eigenvalue weighted by Crippen LogP contribution is -2.39. The minimum Gasteiger partial charge on any atom is -0.497 e. The van der Waals surface area contributed by atoms with Crippen LogP contribution in [0.5, 0.6) is 5.75 Å². The number of allylic oxidation sites excluding steroid dienone is 3. The molecule has 2 aromatic carbocycles. The third-order valence-corrected chi connectivity index (χ3v) is 8.35. The van der Waals surface area contributed by atoms with Gasteiger partial charge in [0, 0.05) is 38.9 Å². The van der Waals surface area contributed by atoms with Crippen LogP contribution in [-0.2, 0) is 15.9 Å². The smallest absolute Gasteiger partial charge is 0.159 e. The van der Waals surface area contributed by atoms with Gasteiger partial charge in [-0.25, -0.2) is 0 Å². The molecule has 2 aromatic rings. The summed E-state index contributed by atoms with van der Waals surface area (Å²) >= 11 is 0. The zero-order valence-electron chi connectivity index (χ0n) is 22.2. The van der Waals surface area contributed by atoms with Crippen molar-refractivity contribution in [2.75, 3.05) is 39.3 Å². The molecule has 0 radical (unpaired) electrons. The molecule has 0 N–H and O–H groups in total. The number of ether oxygens (including phenoxy) is 3. The number of hydrogen-bond acceptors (Lipinski definition) is 4. The van der Waals surface area contributed by atoms with E-state index in [9.17, 15) is 0 Å². The average Bonchev–Trinajstić information content (AvgIpc) is 3.14. The molecule has 0 amide bonds. The van der Waals surface area contributed by atoms with E-state index >= 15 is 0 Å². The Hall–Kier alpha value is -2.56. The van der Waals surface area contributed by atoms with Gasteiger partial charge in [0.2, 0.25) is 0 Å². The average molecular weight is 488 g/mol. The summed E-state index contributed by atoms with van der Waals surface area (Å²) in [6.07, 6.45) is 13.1. The molecule has 1 saturated heterocycles. The Bertz CT molecular complexity index is 1090. The number of rotatable bonds is 7. The lowest BCUT2D eigenvalue weighted by atomic mass is 9.84. The number of nitrogens with zero attached hydrogens (tertiary/aromatic N) is 1. The minimum atomic E-state index is -0.0945. The predicted molar refractivity (Wildman–Crippen MR) is 148 cm³/mol. The van der Waals surface area contributed by atoms with E-state index in [1.807, 2.05) is 0 Å². The van der Waals surface area contributed by atoms with Gasteiger partial charge in [0.1, 0.15) is 5.75 Å². The second kappa shape index (κ2) is 11.7. The molecular formula is C32H41NO3. The predicted octanol–water partition coefficient (Wildman–Crippen LogP) is 7.17. The fourth-order valence-electron chi connectivity index (χ4n) is 6.40. The molecule has 0 saturated carbocycles. The van der Waals surface area contributed by atoms with Crippen LogP contribution in [0.3, 0.4) is 0 Å². The maximum Gasteiger partial charge on any atom is 0.159 e. The third-order valence-electron chi connectivity index (χ3n) is 8.35. The molecule has 4 heteroatoms. The van der Waals surface area contributed by atoms with Crippen LogP contribution in [0.1, 0.15) is 68.1 Å². The van der Waals surface area contributed by atoms with Crippen molar-refractivity contribution < 1.29 is 14.2 Å². The first-order valence-corrected chi connectivity index (χ1v) is 13.7. The van der Waals surface area contributed by atoms with Gasteiger partial charge in [-0.15, -0.1) is 0 Å². The number of hydrogen-bond donors (Lipinski definition) is 0. The normalized spacial score (nSPS) is 19.2. The Kier molecular flexibility index (Phi) is 8.13. The molecule has 0 unspecified atom stereocenters. The van der Waals surface area contributed by atoms with Crippen LogP contribution in [0.15, 0.2) is 59.7 Å². The van der Waals surface area contributed by atoms with Crippen LogP contribution in [0, 0.1) is 5.92 Å². The lowest BCUT2D eigenvalue weighted by Gasteiger charge is -2.36. The Morgan fingerprint density at radius 2 is 1.61 bits per heavy atom. The molecule has 1 heterocycles. The molecule has 0 aromatic heterocycles. The van der Waals surface area contributed by atoms with Crippen molar-refractivity contribution in [3.63, 3.8) is 0 Å². The summed E-state index contributed by atoms with van der Waals surface area (Å²) < 4.78 is 16.6. The molecule has 3 aliphatic rings. The number of benzene rings is 2. The molecule has 36 heavy (non-hydrogen) atoms. The second-order valence-electron chi connectivity index (χ2n) is 10.4. The molecule has 1 aliphatic heterocycles. The molecule has 4 nitrogen and oxygen atoms in total. The van der Waals surface area contributed by atoms with E-state index in [1.165, 1.54) is 60.1 Å². The first kappa shape index (κ1) is 25.1. The largest absolute Gasteiger partial charge is 0.497 e. The fourth-order valence-corrected chi connectivity index (χ4v) is 6.40. The number of methoxy groups -OCH3 is 3. The van der Waals surface area contributed by atoms with Gasteiger partial charge in [-0.2, -0.15) is 0 Å². The lowest BCUT2D eigenvalue weighted by molar-refractivity contribution is -0.141. The Labute approximate surface area is 216 Å². The molecule has 2 aliphatic carbocycles. The fraction of sp³-hybridized carbons (Fsp3) is 0.500. The van der Waals surface area contributed by atoms with Gasteiger partial charge in [-0.05, 0) is 115 Å². The summed E-state index contributed by atoms with van der Waals surface area (Å²) in [5.74, 6) is 1.42. The molecule has 0 bridgehead atoms. The Balaban J connectivity index is 1.46. The van der Waals surface area contributed by atoms with Gasteiger partial charge >= 0.3 is 0 Å². The van der Waals surface area contributed by atoms with Crippen molar-refractivity contribution in [3.8, 4) is 5.75 Å². The van der Waals surface area contributed by atoms with Crippen LogP contribution >= 0.6 is 0 Å². The molecule has 5 rings (SSSR count). The molecule has 0 spiro atoms. The van der Waals surface area contributed by atoms with Crippen molar-refractivity contribution in [1.82, 2.24) is 0 Å². The van der Waals surface area contributed by atoms with Crippen LogP contribution in [-0.4, -0.2) is 40.7 Å². The van der Waals surface area contributed by atoms with Crippen molar-refractivity contribution >= 4 is 11.3 Å². The maximum absolute atomic E-state index is 5.58. The number of aryl methyl sites for hydroxylation is 1. The van der Waals surface area contributed by atoms with Crippen LogP contribution in [0.4, 0.5) is 5.69 Å². The van der Waals surface area contributed by atoms with Gasteiger partial charge < -0.3 is 19.1 Å². The highest BCUT2D eigenvalue weighted by molar-refractivity contribution is 5.87. The second-order valence-corrected chi connectivity index (χ2v) is 10.4. The van der Waals surface area contributed by atoms with E-state index in [1.54, 1.807) is 32.5 Å². The summed E-state index contributed by atoms with van der Waals surface area (Å²) in [5.41, 5.74) is 10.0. The number of fused-ring (bicyclic) bond motifs is 1. The summed E-state index contributed by atoms with van der Waals surface area (Å²) in [4.78, 5) is 2.51. The molecule has 192 valence electrons. The van der Waals surface area contributed by atoms with E-state index in [0.29, 0.717) is 5.92 Å². The van der Waals surface area contributed by atoms with Gasteiger partial charge in [-0.1, -0.05) is 24.3 Å². The number of piperidine rings is 1. The highest BCUT2D eigenvalue weighted by atomic mass is 16.7. The molecular weight excluding hydrogens is 446 g/mol. The zero-order chi connectivity index (χ0) is 24.9. The van der Waals surface area contributed by atoms with Gasteiger partial charge in [0.15, 0.2) is 6.29 Å². The first-order chi connectivity index (χ1) is 17.7. The maximum atomic E-state index is 5.58. The van der Waals surface area contributed by atoms with E-state index in [-0.39, 0.29) is 6.29 Å². The van der Waals surface area contributed by atoms with Gasteiger partial charge in [-0.3, -0.25) is 0 Å². The van der Waals surface area contributed by atoms with E-state index < -0.39 is 0 Å². The van der Waals surface area contributed by atoms with E-state index in [4.69, 9.17) is 14.2 Å². The summed E-state index contributed by atoms with van der Waals surface area (Å²) in [7, 11) is 5.25. The summed E-state index contributed by atoms with van der Waals surface area (Å²) in [5, 5.41) is 0. The number of anilines is 1. The standard InChI is InChI=1S/C32H41NO3/c1-34-28-16-17-30-26(22-28)10-7-11-29(23-8-5-4-6-9-23)31(30)24-12-14-27(15-13-24)33-20-18-25(19-21-33)32(35-2)36-3/h8,12-17,22,25,32H,4-7,9-11,18-21H2,1-3H3. The van der Waals surface area contributed by atoms with Crippen molar-refractivity contribution in [1.29, 1.82) is 0 Å².